The third-order valence-corrected chi connectivity index (χ3v) is 2.78. The van der Waals surface area contributed by atoms with Crippen molar-refractivity contribution in [3.05, 3.63) is 78.0 Å². The van der Waals surface area contributed by atoms with Gasteiger partial charge in [-0.3, -0.25) is 17.6 Å². The summed E-state index contributed by atoms with van der Waals surface area (Å²) in [6.45, 7) is 0. The molecule has 1 rings (SSSR count). The second-order valence-electron chi connectivity index (χ2n) is 4.29. The number of hydrogen-bond acceptors (Lipinski definition) is 0. The summed E-state index contributed by atoms with van der Waals surface area (Å²) in [5.41, 5.74) is -15.5. The summed E-state index contributed by atoms with van der Waals surface area (Å²) in [5, 5.41) is 0. The van der Waals surface area contributed by atoms with Gasteiger partial charge in [-0.25, -0.2) is 4.42 Å². The Morgan fingerprint density at radius 3 is 0.815 bits per heavy atom. The largest absolute Gasteiger partial charge is 0.317 e. The van der Waals surface area contributed by atoms with E-state index in [0.717, 1.165) is 0 Å². The average molecular weight is 416 g/mol. The molecule has 0 bridgehead atoms. The van der Waals surface area contributed by atoms with Gasteiger partial charge in [0.1, 0.15) is 0 Å². The van der Waals surface area contributed by atoms with Gasteiger partial charge in [-0.1, -0.05) is 0 Å². The summed E-state index contributed by atoms with van der Waals surface area (Å²) >= 11 is 0. The minimum Gasteiger partial charge on any atom is -0.251 e. The van der Waals surface area contributed by atoms with Crippen LogP contribution in [0.15, 0.2) is 82.4 Å². The summed E-state index contributed by atoms with van der Waals surface area (Å²) < 4.78 is 153. The Labute approximate surface area is 142 Å². The summed E-state index contributed by atoms with van der Waals surface area (Å²) in [6.07, 6.45) is -19.1. The Morgan fingerprint density at radius 1 is 0.444 bits per heavy atom. The predicted molar refractivity (Wildman–Crippen MR) is 70.3 cm³/mol. The molecule has 0 aliphatic carbocycles. The molecule has 0 saturated carbocycles. The monoisotopic (exact) mass is 416 g/mol. The van der Waals surface area contributed by atoms with Gasteiger partial charge in [0.05, 0.1) is 0 Å². The van der Waals surface area contributed by atoms with E-state index in [2.05, 4.69) is 4.42 Å². The number of halogens is 12. The summed E-state index contributed by atoms with van der Waals surface area (Å²) in [4.78, 5) is 0. The fourth-order valence-electron chi connectivity index (χ4n) is 1.61. The molecule has 0 N–H and O–H groups in total. The molecule has 0 unspecified atom stereocenters. The first-order valence-electron chi connectivity index (χ1n) is 6.23. The second kappa shape index (κ2) is 10.5. The van der Waals surface area contributed by atoms with Crippen LogP contribution in [0.3, 0.4) is 0 Å². The molecule has 150 valence electrons. The first-order chi connectivity index (χ1) is 12.4. The Morgan fingerprint density at radius 2 is 0.704 bits per heavy atom. The van der Waals surface area contributed by atoms with Crippen LogP contribution in [-0.2, 0) is 0 Å². The molecule has 0 saturated heterocycles. The highest BCUT2D eigenvalue weighted by molar-refractivity contribution is 7.02. The van der Waals surface area contributed by atoms with Crippen LogP contribution in [-0.4, -0.2) is 6.15 Å². The number of rotatable bonds is 4. The van der Waals surface area contributed by atoms with E-state index in [4.69, 9.17) is 0 Å². The van der Waals surface area contributed by atoms with Crippen molar-refractivity contribution in [1.29, 1.82) is 0 Å². The van der Waals surface area contributed by atoms with E-state index in [-0.39, 0.29) is 0 Å². The van der Waals surface area contributed by atoms with E-state index >= 15 is 0 Å². The van der Waals surface area contributed by atoms with Gasteiger partial charge in [0.25, 0.3) is 30.5 Å². The molecule has 0 atom stereocenters. The number of hydrogen-bond donors (Lipinski definition) is 0. The maximum atomic E-state index is 13.0. The maximum Gasteiger partial charge on any atom is 0.317 e. The molecule has 0 aromatic carbocycles. The molecule has 1 nitrogen and oxygen atoms in total. The molecule has 27 heavy (non-hydrogen) atoms. The summed E-state index contributed by atoms with van der Waals surface area (Å²) in [5.74, 6) is 0. The van der Waals surface area contributed by atoms with E-state index in [9.17, 15) is 52.7 Å². The van der Waals surface area contributed by atoms with E-state index in [1.165, 1.54) is 0 Å². The maximum absolute atomic E-state index is 13.0. The lowest BCUT2D eigenvalue weighted by Gasteiger charge is -2.32. The summed E-state index contributed by atoms with van der Waals surface area (Å²) in [6, 6.07) is 5.57. The Balaban J connectivity index is 0.000000941. The zero-order chi connectivity index (χ0) is 21.4. The highest BCUT2D eigenvalue weighted by atomic mass is 19.3. The Bertz CT molecular complexity index is 627. The molecular formula is C13H5BF12O. The highest BCUT2D eigenvalue weighted by Crippen LogP contribution is 2.46. The molecule has 0 amide bonds. The van der Waals surface area contributed by atoms with Crippen LogP contribution in [0.25, 0.3) is 0 Å². The Kier molecular flexibility index (Phi) is 9.44. The molecule has 0 radical (unpaired) electrons. The van der Waals surface area contributed by atoms with Crippen LogP contribution in [0, 0.1) is 0 Å². The van der Waals surface area contributed by atoms with Gasteiger partial charge in [-0.05, 0) is 6.07 Å². The van der Waals surface area contributed by atoms with Crippen LogP contribution in [0.5, 0.6) is 0 Å². The van der Waals surface area contributed by atoms with E-state index < -0.39 is 53.4 Å². The van der Waals surface area contributed by atoms with Crippen molar-refractivity contribution >= 4 is 6.15 Å². The van der Waals surface area contributed by atoms with Crippen LogP contribution in [0.1, 0.15) is 0 Å². The quantitative estimate of drug-likeness (QED) is 0.282. The van der Waals surface area contributed by atoms with Crippen molar-refractivity contribution < 1.29 is 57.1 Å². The zero-order valence-electron chi connectivity index (χ0n) is 12.4. The molecule has 1 aromatic heterocycles. The van der Waals surface area contributed by atoms with Gasteiger partial charge >= 0.3 is 12.5 Å². The van der Waals surface area contributed by atoms with Crippen molar-refractivity contribution in [2.24, 2.45) is 0 Å². The second-order valence-corrected chi connectivity index (χ2v) is 4.29. The third-order valence-electron chi connectivity index (χ3n) is 2.78. The molecule has 0 aliphatic heterocycles. The first kappa shape index (κ1) is 24.3. The fraction of sp³-hybridized carbons (Fsp3) is 0. The standard InChI is InChI=1S/C8BF12.C5H5O/c10-1(5(14)15)9(2(11)6(16)17,3(12)7(18)19)4(13)8(20)21;1-2-4-6-5-3-1/h;1-5H/q-1;+1. The highest BCUT2D eigenvalue weighted by Gasteiger charge is 2.51. The molecule has 1 aromatic rings. The lowest BCUT2D eigenvalue weighted by atomic mass is 9.21. The Hall–Kier alpha value is -2.67. The minimum atomic E-state index is -6.57. The smallest absolute Gasteiger partial charge is 0.251 e. The van der Waals surface area contributed by atoms with Crippen molar-refractivity contribution in [3.63, 3.8) is 0 Å². The van der Waals surface area contributed by atoms with E-state index in [1.54, 1.807) is 12.5 Å². The molecule has 1 heterocycles. The van der Waals surface area contributed by atoms with E-state index in [0.29, 0.717) is 0 Å². The van der Waals surface area contributed by atoms with Gasteiger partial charge in [-0.15, -0.1) is 0 Å². The zero-order valence-corrected chi connectivity index (χ0v) is 12.4. The van der Waals surface area contributed by atoms with Gasteiger partial charge < -0.3 is 0 Å². The summed E-state index contributed by atoms with van der Waals surface area (Å²) in [7, 11) is 0. The van der Waals surface area contributed by atoms with Gasteiger partial charge in [0.2, 0.25) is 0 Å². The van der Waals surface area contributed by atoms with Crippen molar-refractivity contribution in [2.75, 3.05) is 0 Å². The topological polar surface area (TPSA) is 11.3 Å². The lowest BCUT2D eigenvalue weighted by molar-refractivity contribution is 0.364. The van der Waals surface area contributed by atoms with Gasteiger partial charge in [0, 0.05) is 35.0 Å². The van der Waals surface area contributed by atoms with Crippen molar-refractivity contribution in [2.45, 2.75) is 0 Å². The average Bonchev–Trinajstić information content (AvgIpc) is 2.63. The molecule has 0 aliphatic rings. The van der Waals surface area contributed by atoms with E-state index in [1.807, 2.05) is 18.2 Å². The normalized spacial score (nSPS) is 10.2. The molecule has 14 heteroatoms. The third kappa shape index (κ3) is 5.66. The van der Waals surface area contributed by atoms with Gasteiger partial charge in [0.15, 0.2) is 0 Å². The molecule has 0 spiro atoms. The van der Waals surface area contributed by atoms with Crippen LogP contribution in [0.4, 0.5) is 52.7 Å². The van der Waals surface area contributed by atoms with Crippen LogP contribution in [0.2, 0.25) is 0 Å². The van der Waals surface area contributed by atoms with Gasteiger partial charge in [-0.2, -0.15) is 35.1 Å². The van der Waals surface area contributed by atoms with Crippen molar-refractivity contribution in [3.8, 4) is 0 Å². The predicted octanol–water partition coefficient (Wildman–Crippen LogP) is 7.46. The SMILES string of the molecule is FC(F)=C(F)[B-](C(F)=C(F)F)(C(F)=C(F)F)C(F)=C(F)F.c1cc[o+]cc1. The first-order valence-corrected chi connectivity index (χ1v) is 6.23. The molecule has 0 fully saturated rings. The van der Waals surface area contributed by atoms with Crippen molar-refractivity contribution in [1.82, 2.24) is 0 Å². The molecular weight excluding hydrogens is 411 g/mol. The lowest BCUT2D eigenvalue weighted by Crippen LogP contribution is -2.42. The fourth-order valence-corrected chi connectivity index (χ4v) is 1.61. The minimum absolute atomic E-state index is 1.62. The van der Waals surface area contributed by atoms with Crippen LogP contribution >= 0.6 is 0 Å². The van der Waals surface area contributed by atoms with Crippen LogP contribution < -0.4 is 0 Å².